The molecule has 1 fully saturated rings. The fourth-order valence-corrected chi connectivity index (χ4v) is 2.18. The van der Waals surface area contributed by atoms with Crippen LogP contribution in [0.3, 0.4) is 0 Å². The fourth-order valence-electron chi connectivity index (χ4n) is 2.18. The highest BCUT2D eigenvalue weighted by atomic mass is 16.5. The lowest BCUT2D eigenvalue weighted by atomic mass is 10.2. The highest BCUT2D eigenvalue weighted by Gasteiger charge is 2.29. The second kappa shape index (κ2) is 6.26. The molecule has 18 heavy (non-hydrogen) atoms. The van der Waals surface area contributed by atoms with Crippen LogP contribution in [0.25, 0.3) is 0 Å². The SMILES string of the molecule is CCCC(OCC)c1noc([C@H]2C[C@H](O)CN2)n1. The molecule has 1 aliphatic heterocycles. The van der Waals surface area contributed by atoms with Gasteiger partial charge in [-0.2, -0.15) is 4.98 Å². The van der Waals surface area contributed by atoms with E-state index >= 15 is 0 Å². The van der Waals surface area contributed by atoms with Crippen LogP contribution in [0, 0.1) is 0 Å². The van der Waals surface area contributed by atoms with Gasteiger partial charge in [0.1, 0.15) is 6.10 Å². The van der Waals surface area contributed by atoms with Crippen molar-refractivity contribution in [1.29, 1.82) is 0 Å². The Labute approximate surface area is 107 Å². The van der Waals surface area contributed by atoms with Gasteiger partial charge in [0.2, 0.25) is 11.7 Å². The number of nitrogens with one attached hydrogen (secondary N) is 1. The van der Waals surface area contributed by atoms with E-state index in [2.05, 4.69) is 22.4 Å². The standard InChI is InChI=1S/C12H21N3O3/c1-3-5-10(17-4-2)11-14-12(18-15-11)9-6-8(16)7-13-9/h8-10,13,16H,3-7H2,1-2H3/t8-,9+,10?/m0/s1. The Balaban J connectivity index is 2.03. The minimum atomic E-state index is -0.330. The summed E-state index contributed by atoms with van der Waals surface area (Å²) in [4.78, 5) is 4.39. The van der Waals surface area contributed by atoms with Gasteiger partial charge >= 0.3 is 0 Å². The summed E-state index contributed by atoms with van der Waals surface area (Å²) < 4.78 is 10.9. The second-order valence-corrected chi connectivity index (χ2v) is 4.57. The van der Waals surface area contributed by atoms with Crippen molar-refractivity contribution in [1.82, 2.24) is 15.5 Å². The minimum Gasteiger partial charge on any atom is -0.392 e. The van der Waals surface area contributed by atoms with Crippen LogP contribution in [0.1, 0.15) is 57.0 Å². The molecule has 102 valence electrons. The normalized spacial score (nSPS) is 25.5. The van der Waals surface area contributed by atoms with E-state index in [0.29, 0.717) is 31.3 Å². The maximum Gasteiger partial charge on any atom is 0.243 e. The maximum absolute atomic E-state index is 9.47. The van der Waals surface area contributed by atoms with E-state index in [1.165, 1.54) is 0 Å². The first-order valence-electron chi connectivity index (χ1n) is 6.61. The Hall–Kier alpha value is -0.980. The third-order valence-corrected chi connectivity index (χ3v) is 3.07. The molecule has 1 aliphatic rings. The van der Waals surface area contributed by atoms with E-state index in [-0.39, 0.29) is 18.2 Å². The van der Waals surface area contributed by atoms with Gasteiger partial charge < -0.3 is 19.7 Å². The van der Waals surface area contributed by atoms with Gasteiger partial charge in [0.15, 0.2) is 0 Å². The van der Waals surface area contributed by atoms with Crippen LogP contribution in [0.2, 0.25) is 0 Å². The van der Waals surface area contributed by atoms with Crippen LogP contribution >= 0.6 is 0 Å². The molecule has 0 aliphatic carbocycles. The molecule has 0 saturated carbocycles. The van der Waals surface area contributed by atoms with Crippen molar-refractivity contribution in [2.24, 2.45) is 0 Å². The smallest absolute Gasteiger partial charge is 0.243 e. The number of hydrogen-bond donors (Lipinski definition) is 2. The first kappa shape index (κ1) is 13.5. The summed E-state index contributed by atoms with van der Waals surface area (Å²) in [5.74, 6) is 1.15. The van der Waals surface area contributed by atoms with E-state index in [1.54, 1.807) is 0 Å². The van der Waals surface area contributed by atoms with Crippen LogP contribution in [0.5, 0.6) is 0 Å². The zero-order valence-corrected chi connectivity index (χ0v) is 10.9. The third kappa shape index (κ3) is 3.07. The van der Waals surface area contributed by atoms with Crippen LogP contribution in [-0.2, 0) is 4.74 Å². The monoisotopic (exact) mass is 255 g/mol. The molecular formula is C12H21N3O3. The van der Waals surface area contributed by atoms with E-state index in [4.69, 9.17) is 9.26 Å². The molecule has 0 radical (unpaired) electrons. The topological polar surface area (TPSA) is 80.4 Å². The molecule has 2 rings (SSSR count). The molecule has 6 nitrogen and oxygen atoms in total. The largest absolute Gasteiger partial charge is 0.392 e. The summed E-state index contributed by atoms with van der Waals surface area (Å²) in [5.41, 5.74) is 0. The first-order valence-corrected chi connectivity index (χ1v) is 6.61. The minimum absolute atomic E-state index is 0.0369. The van der Waals surface area contributed by atoms with Crippen molar-refractivity contribution < 1.29 is 14.4 Å². The Morgan fingerprint density at radius 2 is 2.39 bits per heavy atom. The van der Waals surface area contributed by atoms with Gasteiger partial charge in [-0.05, 0) is 19.8 Å². The summed E-state index contributed by atoms with van der Waals surface area (Å²) >= 11 is 0. The van der Waals surface area contributed by atoms with Gasteiger partial charge in [-0.3, -0.25) is 0 Å². The van der Waals surface area contributed by atoms with Crippen LogP contribution in [-0.4, -0.2) is 34.5 Å². The lowest BCUT2D eigenvalue weighted by Crippen LogP contribution is -2.15. The van der Waals surface area contributed by atoms with Crippen molar-refractivity contribution in [2.75, 3.05) is 13.2 Å². The number of rotatable bonds is 6. The molecule has 3 atom stereocenters. The molecule has 1 unspecified atom stereocenters. The van der Waals surface area contributed by atoms with Gasteiger partial charge in [0.05, 0.1) is 12.1 Å². The number of ether oxygens (including phenoxy) is 1. The van der Waals surface area contributed by atoms with Crippen LogP contribution in [0.15, 0.2) is 4.52 Å². The van der Waals surface area contributed by atoms with Crippen molar-refractivity contribution in [3.05, 3.63) is 11.7 Å². The van der Waals surface area contributed by atoms with Crippen molar-refractivity contribution >= 4 is 0 Å². The lowest BCUT2D eigenvalue weighted by Gasteiger charge is -2.11. The molecule has 2 N–H and O–H groups in total. The highest BCUT2D eigenvalue weighted by Crippen LogP contribution is 2.25. The van der Waals surface area contributed by atoms with Crippen molar-refractivity contribution in [2.45, 2.75) is 51.4 Å². The zero-order chi connectivity index (χ0) is 13.0. The van der Waals surface area contributed by atoms with E-state index < -0.39 is 0 Å². The molecule has 0 spiro atoms. The van der Waals surface area contributed by atoms with Gasteiger partial charge in [-0.15, -0.1) is 0 Å². The Morgan fingerprint density at radius 3 is 3.00 bits per heavy atom. The number of β-amino-alcohol motifs (C(OH)–C–C–N with tert-alkyl or cyclic N) is 1. The molecule has 6 heteroatoms. The predicted octanol–water partition coefficient (Wildman–Crippen LogP) is 1.34. The third-order valence-electron chi connectivity index (χ3n) is 3.07. The van der Waals surface area contributed by atoms with Crippen LogP contribution < -0.4 is 5.32 Å². The van der Waals surface area contributed by atoms with Gasteiger partial charge in [-0.1, -0.05) is 18.5 Å². The Bertz CT molecular complexity index is 363. The molecule has 0 aromatic carbocycles. The van der Waals surface area contributed by atoms with Crippen molar-refractivity contribution in [3.8, 4) is 0 Å². The molecule has 1 aromatic rings. The molecule has 2 heterocycles. The summed E-state index contributed by atoms with van der Waals surface area (Å²) in [6.45, 7) is 5.27. The molecule has 0 bridgehead atoms. The zero-order valence-electron chi connectivity index (χ0n) is 10.9. The van der Waals surface area contributed by atoms with Crippen molar-refractivity contribution in [3.63, 3.8) is 0 Å². The predicted molar refractivity (Wildman–Crippen MR) is 64.9 cm³/mol. The Morgan fingerprint density at radius 1 is 1.56 bits per heavy atom. The number of aliphatic hydroxyl groups is 1. The Kier molecular flexibility index (Phi) is 4.68. The van der Waals surface area contributed by atoms with Crippen LogP contribution in [0.4, 0.5) is 0 Å². The molecule has 0 amide bonds. The van der Waals surface area contributed by atoms with Gasteiger partial charge in [0.25, 0.3) is 0 Å². The average molecular weight is 255 g/mol. The summed E-state index contributed by atoms with van der Waals surface area (Å²) in [6, 6.07) is -0.0369. The molecule has 1 aromatic heterocycles. The summed E-state index contributed by atoms with van der Waals surface area (Å²) in [6.07, 6.45) is 2.09. The second-order valence-electron chi connectivity index (χ2n) is 4.57. The molecular weight excluding hydrogens is 234 g/mol. The number of aromatic nitrogens is 2. The summed E-state index contributed by atoms with van der Waals surface area (Å²) in [5, 5.41) is 16.6. The number of aliphatic hydroxyl groups excluding tert-OH is 1. The maximum atomic E-state index is 9.47. The van der Waals surface area contributed by atoms with Gasteiger partial charge in [-0.25, -0.2) is 0 Å². The summed E-state index contributed by atoms with van der Waals surface area (Å²) in [7, 11) is 0. The number of hydrogen-bond acceptors (Lipinski definition) is 6. The number of nitrogens with zero attached hydrogens (tertiary/aromatic N) is 2. The lowest BCUT2D eigenvalue weighted by molar-refractivity contribution is 0.0477. The van der Waals surface area contributed by atoms with E-state index in [1.807, 2.05) is 6.92 Å². The average Bonchev–Trinajstić information content (AvgIpc) is 2.97. The first-order chi connectivity index (χ1) is 8.74. The molecule has 1 saturated heterocycles. The highest BCUT2D eigenvalue weighted by molar-refractivity contribution is 4.99. The van der Waals surface area contributed by atoms with Gasteiger partial charge in [0, 0.05) is 13.2 Å². The fraction of sp³-hybridized carbons (Fsp3) is 0.833. The van der Waals surface area contributed by atoms with E-state index in [9.17, 15) is 5.11 Å². The van der Waals surface area contributed by atoms with E-state index in [0.717, 1.165) is 12.8 Å². The quantitative estimate of drug-likeness (QED) is 0.798.